The monoisotopic (exact) mass is 274 g/mol. The number of hydrogen-bond acceptors (Lipinski definition) is 2. The maximum Gasteiger partial charge on any atom is 0.0429 e. The Labute approximate surface area is 124 Å². The van der Waals surface area contributed by atoms with Crippen LogP contribution in [0.2, 0.25) is 0 Å². The molecule has 0 aliphatic carbocycles. The average Bonchev–Trinajstić information content (AvgIpc) is 2.25. The van der Waals surface area contributed by atoms with E-state index in [-0.39, 0.29) is 6.04 Å². The van der Waals surface area contributed by atoms with Gasteiger partial charge in [-0.2, -0.15) is 0 Å². The first-order valence-electron chi connectivity index (χ1n) is 7.84. The van der Waals surface area contributed by atoms with E-state index in [4.69, 9.17) is 5.73 Å². The lowest BCUT2D eigenvalue weighted by Crippen LogP contribution is -2.43. The van der Waals surface area contributed by atoms with E-state index in [1.165, 1.54) is 48.2 Å². The van der Waals surface area contributed by atoms with Crippen LogP contribution in [0.5, 0.6) is 0 Å². The molecular formula is C18H30N2. The van der Waals surface area contributed by atoms with Gasteiger partial charge < -0.3 is 10.6 Å². The molecule has 0 amide bonds. The predicted molar refractivity (Wildman–Crippen MR) is 87.0 cm³/mol. The molecule has 1 saturated heterocycles. The van der Waals surface area contributed by atoms with Crippen molar-refractivity contribution in [2.75, 3.05) is 19.6 Å². The Kier molecular flexibility index (Phi) is 4.55. The minimum absolute atomic E-state index is 0.129. The summed E-state index contributed by atoms with van der Waals surface area (Å²) in [6.07, 6.45) is 2.63. The summed E-state index contributed by atoms with van der Waals surface area (Å²) in [7, 11) is 0. The molecule has 0 radical (unpaired) electrons. The molecule has 2 rings (SSSR count). The average molecular weight is 274 g/mol. The van der Waals surface area contributed by atoms with E-state index in [0.29, 0.717) is 5.41 Å². The molecule has 112 valence electrons. The van der Waals surface area contributed by atoms with E-state index in [9.17, 15) is 0 Å². The van der Waals surface area contributed by atoms with Crippen LogP contribution < -0.4 is 5.73 Å². The third-order valence-electron chi connectivity index (χ3n) is 4.54. The lowest BCUT2D eigenvalue weighted by atomic mass is 9.83. The highest BCUT2D eigenvalue weighted by atomic mass is 15.1. The van der Waals surface area contributed by atoms with Crippen molar-refractivity contribution in [3.63, 3.8) is 0 Å². The van der Waals surface area contributed by atoms with Gasteiger partial charge in [0.25, 0.3) is 0 Å². The van der Waals surface area contributed by atoms with Gasteiger partial charge in [-0.1, -0.05) is 31.5 Å². The summed E-state index contributed by atoms with van der Waals surface area (Å²) in [6.45, 7) is 14.6. The summed E-state index contributed by atoms with van der Waals surface area (Å²) in [4.78, 5) is 2.55. The molecule has 1 aliphatic heterocycles. The summed E-state index contributed by atoms with van der Waals surface area (Å²) in [5.41, 5.74) is 12.3. The Morgan fingerprint density at radius 1 is 1.20 bits per heavy atom. The van der Waals surface area contributed by atoms with E-state index < -0.39 is 0 Å². The first-order valence-corrected chi connectivity index (χ1v) is 7.84. The van der Waals surface area contributed by atoms with Crippen molar-refractivity contribution in [2.45, 2.75) is 53.5 Å². The van der Waals surface area contributed by atoms with Crippen LogP contribution in [0.15, 0.2) is 12.1 Å². The number of hydrogen-bond donors (Lipinski definition) is 1. The molecule has 2 nitrogen and oxygen atoms in total. The molecule has 0 aromatic heterocycles. The lowest BCUT2D eigenvalue weighted by molar-refractivity contribution is 0.112. The van der Waals surface area contributed by atoms with Crippen LogP contribution in [-0.4, -0.2) is 24.5 Å². The Balaban J connectivity index is 2.10. The van der Waals surface area contributed by atoms with Crippen LogP contribution in [0.25, 0.3) is 0 Å². The summed E-state index contributed by atoms with van der Waals surface area (Å²) < 4.78 is 0. The number of aryl methyl sites for hydroxylation is 3. The van der Waals surface area contributed by atoms with Crippen LogP contribution in [-0.2, 0) is 0 Å². The third-order valence-corrected chi connectivity index (χ3v) is 4.54. The van der Waals surface area contributed by atoms with Gasteiger partial charge in [0.2, 0.25) is 0 Å². The molecule has 0 saturated carbocycles. The molecule has 1 unspecified atom stereocenters. The van der Waals surface area contributed by atoms with Crippen LogP contribution in [0.4, 0.5) is 0 Å². The summed E-state index contributed by atoms with van der Waals surface area (Å²) in [6, 6.07) is 4.63. The Bertz CT molecular complexity index is 453. The second-order valence-electron chi connectivity index (χ2n) is 7.42. The normalized spacial score (nSPS) is 20.9. The molecule has 1 heterocycles. The van der Waals surface area contributed by atoms with Crippen LogP contribution in [0, 0.1) is 26.2 Å². The molecule has 1 aromatic rings. The molecule has 1 atom stereocenters. The van der Waals surface area contributed by atoms with Gasteiger partial charge in [0, 0.05) is 19.1 Å². The van der Waals surface area contributed by atoms with Crippen molar-refractivity contribution in [1.82, 2.24) is 4.90 Å². The fraction of sp³-hybridized carbons (Fsp3) is 0.667. The van der Waals surface area contributed by atoms with Crippen molar-refractivity contribution in [3.8, 4) is 0 Å². The molecule has 2 N–H and O–H groups in total. The molecule has 2 heteroatoms. The smallest absolute Gasteiger partial charge is 0.0429 e. The van der Waals surface area contributed by atoms with Crippen molar-refractivity contribution in [2.24, 2.45) is 11.1 Å². The fourth-order valence-electron chi connectivity index (χ4n) is 3.85. The molecule has 20 heavy (non-hydrogen) atoms. The lowest BCUT2D eigenvalue weighted by Gasteiger charge is -2.39. The maximum atomic E-state index is 6.52. The standard InChI is InChI=1S/C18H30N2/c1-13-9-14(2)17(15(3)10-13)16(19)11-20-8-6-7-18(4,5)12-20/h9-10,16H,6-8,11-12,19H2,1-5H3. The summed E-state index contributed by atoms with van der Waals surface area (Å²) in [5, 5.41) is 0. The highest BCUT2D eigenvalue weighted by Gasteiger charge is 2.27. The van der Waals surface area contributed by atoms with Crippen LogP contribution in [0.1, 0.15) is 55.0 Å². The zero-order valence-electron chi connectivity index (χ0n) is 13.8. The molecule has 1 aromatic carbocycles. The number of nitrogens with two attached hydrogens (primary N) is 1. The predicted octanol–water partition coefficient (Wildman–Crippen LogP) is 3.73. The van der Waals surface area contributed by atoms with Crippen molar-refractivity contribution < 1.29 is 0 Å². The SMILES string of the molecule is Cc1cc(C)c(C(N)CN2CCCC(C)(C)C2)c(C)c1. The second-order valence-corrected chi connectivity index (χ2v) is 7.42. The van der Waals surface area contributed by atoms with Gasteiger partial charge in [-0.3, -0.25) is 0 Å². The first-order chi connectivity index (χ1) is 9.28. The van der Waals surface area contributed by atoms with Gasteiger partial charge >= 0.3 is 0 Å². The highest BCUT2D eigenvalue weighted by molar-refractivity contribution is 5.39. The van der Waals surface area contributed by atoms with E-state index in [0.717, 1.165) is 6.54 Å². The van der Waals surface area contributed by atoms with E-state index in [1.807, 2.05) is 0 Å². The summed E-state index contributed by atoms with van der Waals surface area (Å²) in [5.74, 6) is 0. The quantitative estimate of drug-likeness (QED) is 0.910. The molecule has 0 bridgehead atoms. The Hall–Kier alpha value is -0.860. The number of likely N-dealkylation sites (tertiary alicyclic amines) is 1. The number of piperidine rings is 1. The largest absolute Gasteiger partial charge is 0.323 e. The fourth-order valence-corrected chi connectivity index (χ4v) is 3.85. The topological polar surface area (TPSA) is 29.3 Å². The zero-order valence-corrected chi connectivity index (χ0v) is 13.8. The number of nitrogens with zero attached hydrogens (tertiary/aromatic N) is 1. The van der Waals surface area contributed by atoms with E-state index in [2.05, 4.69) is 51.7 Å². The molecule has 1 aliphatic rings. The van der Waals surface area contributed by atoms with Crippen LogP contribution >= 0.6 is 0 Å². The second kappa shape index (κ2) is 5.87. The van der Waals surface area contributed by atoms with E-state index >= 15 is 0 Å². The van der Waals surface area contributed by atoms with Gasteiger partial charge in [-0.15, -0.1) is 0 Å². The highest BCUT2D eigenvalue weighted by Crippen LogP contribution is 2.30. The van der Waals surface area contributed by atoms with Crippen molar-refractivity contribution in [1.29, 1.82) is 0 Å². The minimum atomic E-state index is 0.129. The number of benzene rings is 1. The van der Waals surface area contributed by atoms with Crippen LogP contribution in [0.3, 0.4) is 0 Å². The minimum Gasteiger partial charge on any atom is -0.323 e. The zero-order chi connectivity index (χ0) is 14.9. The maximum absolute atomic E-state index is 6.52. The van der Waals surface area contributed by atoms with E-state index in [1.54, 1.807) is 0 Å². The van der Waals surface area contributed by atoms with Crippen molar-refractivity contribution >= 4 is 0 Å². The Morgan fingerprint density at radius 3 is 2.35 bits per heavy atom. The first kappa shape index (κ1) is 15.5. The molecule has 0 spiro atoms. The van der Waals surface area contributed by atoms with Gasteiger partial charge in [-0.05, 0) is 62.3 Å². The third kappa shape index (κ3) is 3.62. The number of rotatable bonds is 3. The Morgan fingerprint density at radius 2 is 1.80 bits per heavy atom. The summed E-state index contributed by atoms with van der Waals surface area (Å²) >= 11 is 0. The van der Waals surface area contributed by atoms with Crippen molar-refractivity contribution in [3.05, 3.63) is 34.4 Å². The van der Waals surface area contributed by atoms with Gasteiger partial charge in [-0.25, -0.2) is 0 Å². The van der Waals surface area contributed by atoms with Gasteiger partial charge in [0.15, 0.2) is 0 Å². The molecular weight excluding hydrogens is 244 g/mol. The van der Waals surface area contributed by atoms with Gasteiger partial charge in [0.1, 0.15) is 0 Å². The molecule has 1 fully saturated rings. The van der Waals surface area contributed by atoms with Gasteiger partial charge in [0.05, 0.1) is 0 Å².